The van der Waals surface area contributed by atoms with E-state index in [0.717, 1.165) is 10.2 Å². The number of halogens is 2. The monoisotopic (exact) mass is 376 g/mol. The fourth-order valence-corrected chi connectivity index (χ4v) is 2.83. The van der Waals surface area contributed by atoms with Crippen LogP contribution in [-0.2, 0) is 9.59 Å². The van der Waals surface area contributed by atoms with Crippen LogP contribution >= 0.6 is 15.9 Å². The van der Waals surface area contributed by atoms with Gasteiger partial charge in [0.2, 0.25) is 11.8 Å². The van der Waals surface area contributed by atoms with Crippen molar-refractivity contribution < 1.29 is 14.0 Å². The largest absolute Gasteiger partial charge is 0.325 e. The van der Waals surface area contributed by atoms with E-state index in [9.17, 15) is 14.0 Å². The second-order valence-corrected chi connectivity index (χ2v) is 6.22. The molecule has 2 amide bonds. The highest BCUT2D eigenvalue weighted by Crippen LogP contribution is 2.27. The fourth-order valence-electron chi connectivity index (χ4n) is 2.56. The molecule has 2 aromatic rings. The van der Waals surface area contributed by atoms with Gasteiger partial charge in [0.05, 0.1) is 0 Å². The zero-order valence-electron chi connectivity index (χ0n) is 12.1. The molecule has 1 heterocycles. The fraction of sp³-hybridized carbons (Fsp3) is 0.176. The maximum Gasteiger partial charge on any atom is 0.239 e. The maximum atomic E-state index is 12.9. The predicted octanol–water partition coefficient (Wildman–Crippen LogP) is 3.58. The van der Waals surface area contributed by atoms with Gasteiger partial charge in [-0.15, -0.1) is 0 Å². The van der Waals surface area contributed by atoms with E-state index in [-0.39, 0.29) is 17.6 Å². The first-order valence-electron chi connectivity index (χ1n) is 7.18. The zero-order valence-corrected chi connectivity index (χ0v) is 13.7. The van der Waals surface area contributed by atoms with E-state index in [2.05, 4.69) is 21.2 Å². The Hall–Kier alpha value is -2.21. The van der Waals surface area contributed by atoms with E-state index in [4.69, 9.17) is 0 Å². The maximum absolute atomic E-state index is 12.9. The Morgan fingerprint density at radius 2 is 1.78 bits per heavy atom. The highest BCUT2D eigenvalue weighted by atomic mass is 79.9. The minimum absolute atomic E-state index is 0.216. The first-order valence-corrected chi connectivity index (χ1v) is 7.97. The minimum Gasteiger partial charge on any atom is -0.325 e. The summed E-state index contributed by atoms with van der Waals surface area (Å²) in [6.07, 6.45) is 0.460. The van der Waals surface area contributed by atoms with Crippen LogP contribution in [0.25, 0.3) is 0 Å². The van der Waals surface area contributed by atoms with E-state index in [0.29, 0.717) is 18.7 Å². The van der Waals surface area contributed by atoms with Crippen molar-refractivity contribution in [3.8, 4) is 0 Å². The molecular weight excluding hydrogens is 363 g/mol. The average Bonchev–Trinajstić information content (AvgIpc) is 2.92. The highest BCUT2D eigenvalue weighted by molar-refractivity contribution is 9.10. The summed E-state index contributed by atoms with van der Waals surface area (Å²) in [5.41, 5.74) is 1.25. The van der Waals surface area contributed by atoms with Gasteiger partial charge >= 0.3 is 0 Å². The van der Waals surface area contributed by atoms with Gasteiger partial charge in [-0.05, 0) is 55.0 Å². The Kier molecular flexibility index (Phi) is 4.43. The van der Waals surface area contributed by atoms with Crippen molar-refractivity contribution >= 4 is 39.1 Å². The smallest absolute Gasteiger partial charge is 0.239 e. The predicted molar refractivity (Wildman–Crippen MR) is 89.6 cm³/mol. The summed E-state index contributed by atoms with van der Waals surface area (Å²) in [6.45, 7) is 0.502. The molecule has 0 saturated carbocycles. The second kappa shape index (κ2) is 6.50. The summed E-state index contributed by atoms with van der Waals surface area (Å²) in [4.78, 5) is 26.4. The summed E-state index contributed by atoms with van der Waals surface area (Å²) in [7, 11) is 0. The molecule has 1 N–H and O–H groups in total. The van der Waals surface area contributed by atoms with Gasteiger partial charge in [-0.3, -0.25) is 9.59 Å². The number of benzene rings is 2. The quantitative estimate of drug-likeness (QED) is 0.832. The Morgan fingerprint density at radius 3 is 2.43 bits per heavy atom. The van der Waals surface area contributed by atoms with Gasteiger partial charge in [-0.25, -0.2) is 4.39 Å². The lowest BCUT2D eigenvalue weighted by Gasteiger charge is -2.17. The number of amides is 2. The molecule has 1 fully saturated rings. The van der Waals surface area contributed by atoms with E-state index < -0.39 is 5.92 Å². The Bertz CT molecular complexity index is 731. The number of hydrogen-bond acceptors (Lipinski definition) is 2. The molecule has 0 radical (unpaired) electrons. The third kappa shape index (κ3) is 3.42. The number of anilines is 2. The molecule has 3 rings (SSSR count). The molecule has 0 unspecified atom stereocenters. The molecule has 0 aromatic heterocycles. The average molecular weight is 377 g/mol. The van der Waals surface area contributed by atoms with Crippen molar-refractivity contribution in [3.05, 3.63) is 58.8 Å². The number of carbonyl (C=O) groups excluding carboxylic acids is 2. The SMILES string of the molecule is O=C(Nc1ccc(F)cc1)[C@@H]1CCN(c2ccc(Br)cc2)C1=O. The lowest BCUT2D eigenvalue weighted by molar-refractivity contribution is -0.129. The first-order chi connectivity index (χ1) is 11.0. The van der Waals surface area contributed by atoms with Crippen LogP contribution in [0, 0.1) is 11.7 Å². The number of hydrogen-bond donors (Lipinski definition) is 1. The molecule has 118 valence electrons. The molecule has 1 atom stereocenters. The van der Waals surface area contributed by atoms with Gasteiger partial charge < -0.3 is 10.2 Å². The Morgan fingerprint density at radius 1 is 1.13 bits per heavy atom. The number of carbonyl (C=O) groups is 2. The van der Waals surface area contributed by atoms with Crippen molar-refractivity contribution in [3.63, 3.8) is 0 Å². The molecule has 1 aliphatic heterocycles. The molecule has 0 spiro atoms. The third-order valence-electron chi connectivity index (χ3n) is 3.77. The normalized spacial score (nSPS) is 17.4. The van der Waals surface area contributed by atoms with Crippen LogP contribution in [-0.4, -0.2) is 18.4 Å². The molecule has 2 aromatic carbocycles. The van der Waals surface area contributed by atoms with Gasteiger partial charge in [0, 0.05) is 22.4 Å². The Labute approximate surface area is 141 Å². The molecule has 6 heteroatoms. The van der Waals surface area contributed by atoms with Gasteiger partial charge in [0.15, 0.2) is 0 Å². The lowest BCUT2D eigenvalue weighted by atomic mass is 10.1. The first kappa shape index (κ1) is 15.7. The van der Waals surface area contributed by atoms with E-state index >= 15 is 0 Å². The molecule has 1 saturated heterocycles. The van der Waals surface area contributed by atoms with Crippen LogP contribution < -0.4 is 10.2 Å². The van der Waals surface area contributed by atoms with Crippen LogP contribution in [0.1, 0.15) is 6.42 Å². The summed E-state index contributed by atoms with van der Waals surface area (Å²) < 4.78 is 13.8. The topological polar surface area (TPSA) is 49.4 Å². The summed E-state index contributed by atoms with van der Waals surface area (Å²) in [6, 6.07) is 12.9. The number of rotatable bonds is 3. The van der Waals surface area contributed by atoms with E-state index in [1.54, 1.807) is 4.90 Å². The number of nitrogens with one attached hydrogen (secondary N) is 1. The van der Waals surface area contributed by atoms with Crippen molar-refractivity contribution in [2.75, 3.05) is 16.8 Å². The van der Waals surface area contributed by atoms with Crippen molar-refractivity contribution in [2.45, 2.75) is 6.42 Å². The molecule has 4 nitrogen and oxygen atoms in total. The van der Waals surface area contributed by atoms with E-state index in [1.807, 2.05) is 24.3 Å². The van der Waals surface area contributed by atoms with Gasteiger partial charge in [-0.1, -0.05) is 15.9 Å². The van der Waals surface area contributed by atoms with Gasteiger partial charge in [0.1, 0.15) is 11.7 Å². The van der Waals surface area contributed by atoms with Gasteiger partial charge in [-0.2, -0.15) is 0 Å². The minimum atomic E-state index is -0.719. The standard InChI is InChI=1S/C17H14BrFN2O2/c18-11-1-7-14(8-2-11)21-10-9-15(17(21)23)16(22)20-13-5-3-12(19)4-6-13/h1-8,15H,9-10H2,(H,20,22)/t15-/m0/s1. The van der Waals surface area contributed by atoms with Crippen molar-refractivity contribution in [2.24, 2.45) is 5.92 Å². The molecule has 1 aliphatic rings. The molecule has 0 aliphatic carbocycles. The van der Waals surface area contributed by atoms with Crippen LogP contribution in [0.5, 0.6) is 0 Å². The molecule has 0 bridgehead atoms. The van der Waals surface area contributed by atoms with Crippen LogP contribution in [0.4, 0.5) is 15.8 Å². The van der Waals surface area contributed by atoms with Crippen LogP contribution in [0.15, 0.2) is 53.0 Å². The van der Waals surface area contributed by atoms with Gasteiger partial charge in [0.25, 0.3) is 0 Å². The summed E-state index contributed by atoms with van der Waals surface area (Å²) >= 11 is 3.35. The lowest BCUT2D eigenvalue weighted by Crippen LogP contribution is -2.33. The van der Waals surface area contributed by atoms with Crippen molar-refractivity contribution in [1.29, 1.82) is 0 Å². The van der Waals surface area contributed by atoms with Crippen LogP contribution in [0.2, 0.25) is 0 Å². The van der Waals surface area contributed by atoms with Crippen LogP contribution in [0.3, 0.4) is 0 Å². The zero-order chi connectivity index (χ0) is 16.4. The Balaban J connectivity index is 1.69. The summed E-state index contributed by atoms with van der Waals surface area (Å²) in [5, 5.41) is 2.66. The third-order valence-corrected chi connectivity index (χ3v) is 4.30. The highest BCUT2D eigenvalue weighted by Gasteiger charge is 2.37. The summed E-state index contributed by atoms with van der Waals surface area (Å²) in [5.74, 6) is -1.67. The molecular formula is C17H14BrFN2O2. The second-order valence-electron chi connectivity index (χ2n) is 5.30. The molecule has 23 heavy (non-hydrogen) atoms. The van der Waals surface area contributed by atoms with Crippen molar-refractivity contribution in [1.82, 2.24) is 0 Å². The number of nitrogens with zero attached hydrogens (tertiary/aromatic N) is 1. The van der Waals surface area contributed by atoms with E-state index in [1.165, 1.54) is 24.3 Å².